The van der Waals surface area contributed by atoms with Crippen molar-refractivity contribution in [1.29, 1.82) is 0 Å². The molecule has 3 rings (SSSR count). The van der Waals surface area contributed by atoms with Gasteiger partial charge >= 0.3 is 0 Å². The molecule has 1 heterocycles. The Morgan fingerprint density at radius 1 is 1.07 bits per heavy atom. The number of aryl methyl sites for hydroxylation is 1. The van der Waals surface area contributed by atoms with Gasteiger partial charge in [-0.1, -0.05) is 24.3 Å². The van der Waals surface area contributed by atoms with E-state index >= 15 is 0 Å². The van der Waals surface area contributed by atoms with E-state index in [9.17, 15) is 4.79 Å². The van der Waals surface area contributed by atoms with Gasteiger partial charge in [-0.05, 0) is 48.7 Å². The van der Waals surface area contributed by atoms with Gasteiger partial charge in [0.05, 0.1) is 13.7 Å². The zero-order valence-corrected chi connectivity index (χ0v) is 16.3. The minimum absolute atomic E-state index is 0.104. The summed E-state index contributed by atoms with van der Waals surface area (Å²) < 4.78 is 5.16. The molecule has 27 heavy (non-hydrogen) atoms. The maximum Gasteiger partial charge on any atom is 0.234 e. The van der Waals surface area contributed by atoms with E-state index in [2.05, 4.69) is 46.3 Å². The molecule has 0 aliphatic carbocycles. The van der Waals surface area contributed by atoms with Crippen LogP contribution in [0, 0.1) is 6.92 Å². The predicted molar refractivity (Wildman–Crippen MR) is 110 cm³/mol. The molecule has 1 saturated heterocycles. The van der Waals surface area contributed by atoms with Crippen molar-refractivity contribution in [2.24, 2.45) is 0 Å². The summed E-state index contributed by atoms with van der Waals surface area (Å²) in [6.07, 6.45) is 0.830. The lowest BCUT2D eigenvalue weighted by Crippen LogP contribution is -2.49. The lowest BCUT2D eigenvalue weighted by molar-refractivity contribution is -0.122. The van der Waals surface area contributed by atoms with Gasteiger partial charge in [0.15, 0.2) is 0 Å². The van der Waals surface area contributed by atoms with Crippen LogP contribution in [0.3, 0.4) is 0 Å². The van der Waals surface area contributed by atoms with Crippen LogP contribution in [-0.4, -0.2) is 57.2 Å². The molecule has 1 amide bonds. The highest BCUT2D eigenvalue weighted by Crippen LogP contribution is 2.17. The van der Waals surface area contributed by atoms with Crippen molar-refractivity contribution in [2.75, 3.05) is 51.3 Å². The first-order valence-corrected chi connectivity index (χ1v) is 9.57. The van der Waals surface area contributed by atoms with Crippen LogP contribution in [-0.2, 0) is 11.2 Å². The van der Waals surface area contributed by atoms with E-state index in [1.165, 1.54) is 16.8 Å². The minimum Gasteiger partial charge on any atom is -0.497 e. The Morgan fingerprint density at radius 2 is 1.81 bits per heavy atom. The Bertz CT molecular complexity index is 737. The van der Waals surface area contributed by atoms with E-state index < -0.39 is 0 Å². The molecule has 2 aromatic carbocycles. The number of carbonyl (C=O) groups excluding carboxylic acids is 1. The van der Waals surface area contributed by atoms with Gasteiger partial charge in [-0.3, -0.25) is 9.69 Å². The Labute approximate surface area is 161 Å². The molecule has 0 bridgehead atoms. The normalized spacial score (nSPS) is 14.8. The van der Waals surface area contributed by atoms with Gasteiger partial charge in [-0.25, -0.2) is 0 Å². The summed E-state index contributed by atoms with van der Waals surface area (Å²) in [5.41, 5.74) is 3.76. The lowest BCUT2D eigenvalue weighted by atomic mass is 10.1. The number of benzene rings is 2. The van der Waals surface area contributed by atoms with E-state index in [-0.39, 0.29) is 5.91 Å². The zero-order chi connectivity index (χ0) is 19.1. The van der Waals surface area contributed by atoms with E-state index in [4.69, 9.17) is 4.74 Å². The molecule has 1 aliphatic heterocycles. The van der Waals surface area contributed by atoms with Crippen LogP contribution in [0.15, 0.2) is 48.5 Å². The average Bonchev–Trinajstić information content (AvgIpc) is 2.69. The number of methoxy groups -OCH3 is 1. The molecular weight excluding hydrogens is 338 g/mol. The molecule has 1 aliphatic rings. The standard InChI is InChI=1S/C22H29N3O2/c1-18-4-3-5-20(16-18)25-14-12-24(13-15-25)17-22(26)23-11-10-19-6-8-21(27-2)9-7-19/h3-9,16H,10-15,17H2,1-2H3,(H,23,26). The number of piperazine rings is 1. The van der Waals surface area contributed by atoms with Crippen molar-refractivity contribution >= 4 is 11.6 Å². The summed E-state index contributed by atoms with van der Waals surface area (Å²) in [6, 6.07) is 16.6. The number of carbonyl (C=O) groups is 1. The minimum atomic E-state index is 0.104. The average molecular weight is 367 g/mol. The van der Waals surface area contributed by atoms with Crippen LogP contribution in [0.25, 0.3) is 0 Å². The second kappa shape index (κ2) is 9.42. The van der Waals surface area contributed by atoms with Crippen LogP contribution >= 0.6 is 0 Å². The molecule has 5 heteroatoms. The van der Waals surface area contributed by atoms with Crippen molar-refractivity contribution in [3.63, 3.8) is 0 Å². The third-order valence-electron chi connectivity index (χ3n) is 5.00. The smallest absolute Gasteiger partial charge is 0.234 e. The fourth-order valence-corrected chi connectivity index (χ4v) is 3.39. The van der Waals surface area contributed by atoms with E-state index in [0.29, 0.717) is 13.1 Å². The van der Waals surface area contributed by atoms with Gasteiger partial charge in [0.1, 0.15) is 5.75 Å². The third kappa shape index (κ3) is 5.73. The molecule has 0 saturated carbocycles. The summed E-state index contributed by atoms with van der Waals surface area (Å²) in [5, 5.41) is 3.03. The molecule has 144 valence electrons. The summed E-state index contributed by atoms with van der Waals surface area (Å²) in [5.74, 6) is 0.958. The van der Waals surface area contributed by atoms with Crippen LogP contribution in [0.5, 0.6) is 5.75 Å². The van der Waals surface area contributed by atoms with Gasteiger partial charge in [-0.2, -0.15) is 0 Å². The first kappa shape index (κ1) is 19.2. The summed E-state index contributed by atoms with van der Waals surface area (Å²) in [6.45, 7) is 7.01. The van der Waals surface area contributed by atoms with Crippen molar-refractivity contribution in [1.82, 2.24) is 10.2 Å². The van der Waals surface area contributed by atoms with Gasteiger partial charge in [0.2, 0.25) is 5.91 Å². The zero-order valence-electron chi connectivity index (χ0n) is 16.3. The summed E-state index contributed by atoms with van der Waals surface area (Å²) in [4.78, 5) is 16.8. The van der Waals surface area contributed by atoms with Crippen LogP contribution in [0.1, 0.15) is 11.1 Å². The van der Waals surface area contributed by atoms with Gasteiger partial charge in [0.25, 0.3) is 0 Å². The maximum atomic E-state index is 12.2. The van der Waals surface area contributed by atoms with Crippen molar-refractivity contribution in [3.8, 4) is 5.75 Å². The number of ether oxygens (including phenoxy) is 1. The van der Waals surface area contributed by atoms with Crippen LogP contribution < -0.4 is 15.0 Å². The summed E-state index contributed by atoms with van der Waals surface area (Å²) >= 11 is 0. The Hall–Kier alpha value is -2.53. The Balaban J connectivity index is 1.36. The number of hydrogen-bond donors (Lipinski definition) is 1. The first-order chi connectivity index (χ1) is 13.1. The molecule has 0 aromatic heterocycles. The predicted octanol–water partition coefficient (Wildman–Crippen LogP) is 2.48. The van der Waals surface area contributed by atoms with E-state index in [0.717, 1.165) is 38.3 Å². The van der Waals surface area contributed by atoms with Gasteiger partial charge in [0, 0.05) is 38.4 Å². The number of anilines is 1. The number of nitrogens with one attached hydrogen (secondary N) is 1. The third-order valence-corrected chi connectivity index (χ3v) is 5.00. The molecule has 0 atom stereocenters. The SMILES string of the molecule is COc1ccc(CCNC(=O)CN2CCN(c3cccc(C)c3)CC2)cc1. The molecule has 1 fully saturated rings. The molecule has 2 aromatic rings. The first-order valence-electron chi connectivity index (χ1n) is 9.57. The maximum absolute atomic E-state index is 12.2. The topological polar surface area (TPSA) is 44.8 Å². The molecule has 0 radical (unpaired) electrons. The monoisotopic (exact) mass is 367 g/mol. The van der Waals surface area contributed by atoms with Gasteiger partial charge < -0.3 is 15.0 Å². The largest absolute Gasteiger partial charge is 0.497 e. The second-order valence-electron chi connectivity index (χ2n) is 7.05. The fraction of sp³-hybridized carbons (Fsp3) is 0.409. The molecule has 5 nitrogen and oxygen atoms in total. The van der Waals surface area contributed by atoms with Crippen molar-refractivity contribution in [2.45, 2.75) is 13.3 Å². The molecular formula is C22H29N3O2. The summed E-state index contributed by atoms with van der Waals surface area (Å²) in [7, 11) is 1.66. The molecule has 1 N–H and O–H groups in total. The quantitative estimate of drug-likeness (QED) is 0.817. The number of amides is 1. The van der Waals surface area contributed by atoms with E-state index in [1.54, 1.807) is 7.11 Å². The van der Waals surface area contributed by atoms with Crippen LogP contribution in [0.4, 0.5) is 5.69 Å². The van der Waals surface area contributed by atoms with Crippen molar-refractivity contribution < 1.29 is 9.53 Å². The molecule has 0 spiro atoms. The second-order valence-corrected chi connectivity index (χ2v) is 7.05. The van der Waals surface area contributed by atoms with Crippen molar-refractivity contribution in [3.05, 3.63) is 59.7 Å². The highest BCUT2D eigenvalue weighted by molar-refractivity contribution is 5.78. The number of hydrogen-bond acceptors (Lipinski definition) is 4. The highest BCUT2D eigenvalue weighted by Gasteiger charge is 2.19. The number of nitrogens with zero attached hydrogens (tertiary/aromatic N) is 2. The fourth-order valence-electron chi connectivity index (χ4n) is 3.39. The molecule has 0 unspecified atom stereocenters. The van der Waals surface area contributed by atoms with E-state index in [1.807, 2.05) is 24.3 Å². The Morgan fingerprint density at radius 3 is 2.48 bits per heavy atom. The van der Waals surface area contributed by atoms with Crippen LogP contribution in [0.2, 0.25) is 0 Å². The highest BCUT2D eigenvalue weighted by atomic mass is 16.5. The number of rotatable bonds is 7. The van der Waals surface area contributed by atoms with Gasteiger partial charge in [-0.15, -0.1) is 0 Å². The Kier molecular flexibility index (Phi) is 6.71. The lowest BCUT2D eigenvalue weighted by Gasteiger charge is -2.35.